The highest BCUT2D eigenvalue weighted by molar-refractivity contribution is 5.87. The molecule has 0 spiro atoms. The number of aromatic nitrogens is 1. The second-order valence-corrected chi connectivity index (χ2v) is 7.07. The Bertz CT molecular complexity index is 826. The van der Waals surface area contributed by atoms with E-state index >= 15 is 0 Å². The summed E-state index contributed by atoms with van der Waals surface area (Å²) in [6.45, 7) is 8.42. The van der Waals surface area contributed by atoms with Crippen LogP contribution >= 0.6 is 0 Å². The molecular weight excluding hydrogens is 324 g/mol. The zero-order valence-electron chi connectivity index (χ0n) is 15.6. The molecule has 138 valence electrons. The van der Waals surface area contributed by atoms with Gasteiger partial charge in [-0.3, -0.25) is 4.90 Å². The van der Waals surface area contributed by atoms with Crippen LogP contribution in [-0.2, 0) is 0 Å². The third kappa shape index (κ3) is 4.33. The highest BCUT2D eigenvalue weighted by Gasteiger charge is 2.20. The molecule has 0 bridgehead atoms. The van der Waals surface area contributed by atoms with Gasteiger partial charge in [0.15, 0.2) is 0 Å². The van der Waals surface area contributed by atoms with E-state index in [2.05, 4.69) is 28.7 Å². The number of nitrogens with zero attached hydrogens (tertiary/aromatic N) is 3. The molecule has 1 aliphatic heterocycles. The van der Waals surface area contributed by atoms with Crippen molar-refractivity contribution in [1.29, 1.82) is 0 Å². The smallest absolute Gasteiger partial charge is 0.130 e. The van der Waals surface area contributed by atoms with Crippen LogP contribution in [0.15, 0.2) is 48.9 Å². The summed E-state index contributed by atoms with van der Waals surface area (Å²) >= 11 is 0. The second kappa shape index (κ2) is 7.76. The van der Waals surface area contributed by atoms with Gasteiger partial charge < -0.3 is 16.1 Å². The van der Waals surface area contributed by atoms with Crippen molar-refractivity contribution in [2.75, 3.05) is 25.5 Å². The van der Waals surface area contributed by atoms with Crippen LogP contribution < -0.4 is 16.9 Å². The maximum Gasteiger partial charge on any atom is 0.130 e. The zero-order chi connectivity index (χ0) is 18.7. The highest BCUT2D eigenvalue weighted by Crippen LogP contribution is 2.22. The van der Waals surface area contributed by atoms with Gasteiger partial charge in [0.2, 0.25) is 0 Å². The molecule has 3 rings (SSSR count). The van der Waals surface area contributed by atoms with Gasteiger partial charge in [0.1, 0.15) is 5.82 Å². The maximum atomic E-state index is 6.10. The molecule has 0 saturated carbocycles. The number of hydrazine groups is 1. The van der Waals surface area contributed by atoms with E-state index in [4.69, 9.17) is 11.6 Å². The van der Waals surface area contributed by atoms with Gasteiger partial charge in [-0.25, -0.2) is 10.8 Å². The van der Waals surface area contributed by atoms with E-state index in [9.17, 15) is 0 Å². The van der Waals surface area contributed by atoms with Crippen LogP contribution in [0.4, 0.5) is 5.82 Å². The van der Waals surface area contributed by atoms with Gasteiger partial charge in [-0.15, -0.1) is 0 Å². The molecule has 0 radical (unpaired) electrons. The van der Waals surface area contributed by atoms with Gasteiger partial charge in [0.25, 0.3) is 0 Å². The molecule has 1 fully saturated rings. The van der Waals surface area contributed by atoms with Crippen LogP contribution in [0.3, 0.4) is 0 Å². The molecule has 0 aliphatic carbocycles. The van der Waals surface area contributed by atoms with Gasteiger partial charge in [0.05, 0.1) is 5.70 Å². The molecular formula is C20H28N6. The van der Waals surface area contributed by atoms with Crippen molar-refractivity contribution >= 4 is 22.3 Å². The molecule has 1 aromatic carbocycles. The first-order chi connectivity index (χ1) is 12.4. The molecule has 26 heavy (non-hydrogen) atoms. The van der Waals surface area contributed by atoms with E-state index in [1.165, 1.54) is 17.9 Å². The van der Waals surface area contributed by atoms with Crippen molar-refractivity contribution in [3.05, 3.63) is 54.5 Å². The van der Waals surface area contributed by atoms with Crippen LogP contribution in [0.5, 0.6) is 0 Å². The monoisotopic (exact) mass is 352 g/mol. The number of pyridine rings is 1. The summed E-state index contributed by atoms with van der Waals surface area (Å²) < 4.78 is 0. The van der Waals surface area contributed by atoms with Crippen molar-refractivity contribution in [3.8, 4) is 0 Å². The van der Waals surface area contributed by atoms with Crippen molar-refractivity contribution in [2.24, 2.45) is 11.6 Å². The number of hydrogen-bond acceptors (Lipinski definition) is 6. The molecule has 1 unspecified atom stereocenters. The van der Waals surface area contributed by atoms with Crippen LogP contribution in [0.25, 0.3) is 16.5 Å². The first-order valence-corrected chi connectivity index (χ1v) is 8.96. The molecule has 1 aliphatic rings. The summed E-state index contributed by atoms with van der Waals surface area (Å²) in [5.74, 6) is 6.44. The Morgan fingerprint density at radius 1 is 1.42 bits per heavy atom. The highest BCUT2D eigenvalue weighted by atomic mass is 15.4. The third-order valence-corrected chi connectivity index (χ3v) is 4.79. The Balaban J connectivity index is 1.76. The van der Waals surface area contributed by atoms with Crippen LogP contribution in [0, 0.1) is 0 Å². The molecule has 5 N–H and O–H groups in total. The molecule has 6 heteroatoms. The average molecular weight is 352 g/mol. The second-order valence-electron chi connectivity index (χ2n) is 7.07. The van der Waals surface area contributed by atoms with E-state index < -0.39 is 0 Å². The van der Waals surface area contributed by atoms with Crippen LogP contribution in [0.2, 0.25) is 0 Å². The Kier molecular flexibility index (Phi) is 5.44. The molecule has 6 nitrogen and oxygen atoms in total. The summed E-state index contributed by atoms with van der Waals surface area (Å²) in [6, 6.07) is 8.68. The summed E-state index contributed by atoms with van der Waals surface area (Å²) in [6.07, 6.45) is 6.08. The number of fused-ring (bicyclic) bond motifs is 1. The lowest BCUT2D eigenvalue weighted by Gasteiger charge is -2.22. The van der Waals surface area contributed by atoms with Gasteiger partial charge in [0, 0.05) is 43.1 Å². The minimum absolute atomic E-state index is 0.621. The zero-order valence-corrected chi connectivity index (χ0v) is 15.6. The lowest BCUT2D eigenvalue weighted by molar-refractivity contribution is 0.292. The first kappa shape index (κ1) is 18.2. The van der Waals surface area contributed by atoms with Gasteiger partial charge >= 0.3 is 0 Å². The minimum atomic E-state index is 0.621. The third-order valence-electron chi connectivity index (χ3n) is 4.79. The Morgan fingerprint density at radius 2 is 2.23 bits per heavy atom. The van der Waals surface area contributed by atoms with Crippen molar-refractivity contribution in [1.82, 2.24) is 14.9 Å². The molecule has 0 amide bonds. The van der Waals surface area contributed by atoms with E-state index in [1.807, 2.05) is 30.5 Å². The van der Waals surface area contributed by atoms with Gasteiger partial charge in [-0.1, -0.05) is 18.7 Å². The quantitative estimate of drug-likeness (QED) is 0.548. The van der Waals surface area contributed by atoms with Gasteiger partial charge in [-0.05, 0) is 49.4 Å². The maximum absolute atomic E-state index is 6.10. The number of hydrogen-bond donors (Lipinski definition) is 3. The Morgan fingerprint density at radius 3 is 2.92 bits per heavy atom. The summed E-state index contributed by atoms with van der Waals surface area (Å²) in [4.78, 5) is 6.95. The number of anilines is 1. The minimum Gasteiger partial charge on any atom is -0.397 e. The predicted molar refractivity (Wildman–Crippen MR) is 109 cm³/mol. The van der Waals surface area contributed by atoms with Gasteiger partial charge in [-0.2, -0.15) is 0 Å². The topological polar surface area (TPSA) is 83.4 Å². The first-order valence-electron chi connectivity index (χ1n) is 8.96. The lowest BCUT2D eigenvalue weighted by Crippen LogP contribution is -2.30. The molecule has 1 atom stereocenters. The molecule has 1 saturated heterocycles. The molecule has 2 heterocycles. The van der Waals surface area contributed by atoms with E-state index in [0.717, 1.165) is 40.9 Å². The fourth-order valence-electron chi connectivity index (χ4n) is 3.38. The molecule has 2 aromatic rings. The standard InChI is InChI=1S/C20H28N6/c1-14(12-26-8-4-5-15(26)2)24-20-10-18-9-16(19(21)13-25(3)22)6-7-17(18)11-23-20/h6-7,9-11,13,15H,1,4-5,8,12,21-22H2,2-3H3,(H,23,24)/b19-13-. The van der Waals surface area contributed by atoms with Crippen molar-refractivity contribution in [2.45, 2.75) is 25.8 Å². The Labute approximate surface area is 155 Å². The number of nitrogens with one attached hydrogen (secondary N) is 1. The number of nitrogens with two attached hydrogens (primary N) is 2. The average Bonchev–Trinajstić information content (AvgIpc) is 2.98. The van der Waals surface area contributed by atoms with Crippen LogP contribution in [0.1, 0.15) is 25.3 Å². The number of benzene rings is 1. The normalized spacial score (nSPS) is 18.3. The summed E-state index contributed by atoms with van der Waals surface area (Å²) in [5.41, 5.74) is 8.61. The summed E-state index contributed by atoms with van der Waals surface area (Å²) in [7, 11) is 1.74. The number of likely N-dealkylation sites (tertiary alicyclic amines) is 1. The summed E-state index contributed by atoms with van der Waals surface area (Å²) in [5, 5.41) is 6.92. The van der Waals surface area contributed by atoms with E-state index in [-0.39, 0.29) is 0 Å². The SMILES string of the molecule is C=C(CN1CCCC1C)Nc1cc2cc(/C(N)=C/N(C)N)ccc2cn1. The lowest BCUT2D eigenvalue weighted by atomic mass is 10.1. The fourth-order valence-corrected chi connectivity index (χ4v) is 3.38. The predicted octanol–water partition coefficient (Wildman–Crippen LogP) is 2.71. The van der Waals surface area contributed by atoms with Crippen molar-refractivity contribution < 1.29 is 0 Å². The number of rotatable bonds is 6. The van der Waals surface area contributed by atoms with Crippen LogP contribution in [-0.4, -0.2) is 41.1 Å². The largest absolute Gasteiger partial charge is 0.397 e. The van der Waals surface area contributed by atoms with Crippen molar-refractivity contribution in [3.63, 3.8) is 0 Å². The molecule has 1 aromatic heterocycles. The van der Waals surface area contributed by atoms with E-state index in [0.29, 0.717) is 11.7 Å². The Hall–Kier alpha value is -2.57. The fraction of sp³-hybridized carbons (Fsp3) is 0.350. The van der Waals surface area contributed by atoms with E-state index in [1.54, 1.807) is 13.2 Å².